The Bertz CT molecular complexity index is 688. The zero-order valence-corrected chi connectivity index (χ0v) is 16.6. The van der Waals surface area contributed by atoms with E-state index in [1.807, 2.05) is 26.0 Å². The first kappa shape index (κ1) is 20.1. The van der Waals surface area contributed by atoms with E-state index in [4.69, 9.17) is 11.6 Å². The Kier molecular flexibility index (Phi) is 6.08. The van der Waals surface area contributed by atoms with Gasteiger partial charge in [0.25, 0.3) is 0 Å². The number of ketones is 1. The van der Waals surface area contributed by atoms with Crippen molar-refractivity contribution in [1.29, 1.82) is 0 Å². The lowest BCUT2D eigenvalue weighted by atomic mass is 9.71. The third-order valence-electron chi connectivity index (χ3n) is 5.88. The van der Waals surface area contributed by atoms with Gasteiger partial charge in [0.1, 0.15) is 5.54 Å². The van der Waals surface area contributed by atoms with Crippen molar-refractivity contribution < 1.29 is 14.7 Å². The number of carbonyl (C=O) groups is 2. The summed E-state index contributed by atoms with van der Waals surface area (Å²) in [6.07, 6.45) is 0.453. The molecule has 0 aliphatic carbocycles. The number of Topliss-reactive ketones (excluding diaryl/α,β-unsaturated/α-hetero) is 1. The molecule has 0 radical (unpaired) electrons. The molecule has 2 saturated heterocycles. The summed E-state index contributed by atoms with van der Waals surface area (Å²) >= 11 is 6.04. The van der Waals surface area contributed by atoms with Gasteiger partial charge in [-0.15, -0.1) is 0 Å². The predicted octanol–water partition coefficient (Wildman–Crippen LogP) is 2.72. The third-order valence-corrected chi connectivity index (χ3v) is 6.13. The smallest absolute Gasteiger partial charge is 0.408 e. The quantitative estimate of drug-likeness (QED) is 0.716. The molecule has 2 fully saturated rings. The second-order valence-electron chi connectivity index (χ2n) is 7.79. The van der Waals surface area contributed by atoms with Gasteiger partial charge in [0.15, 0.2) is 5.78 Å². The fourth-order valence-corrected chi connectivity index (χ4v) is 4.83. The number of carbonyl (C=O) groups excluding carboxylic acids is 1. The molecule has 2 aliphatic heterocycles. The molecular formula is C20H28ClN3O3. The number of benzene rings is 1. The largest absolute Gasteiger partial charge is 0.465 e. The number of nitrogens with zero attached hydrogens (tertiary/aromatic N) is 1. The molecule has 2 atom stereocenters. The van der Waals surface area contributed by atoms with Gasteiger partial charge in [0.2, 0.25) is 0 Å². The molecule has 2 heterocycles. The summed E-state index contributed by atoms with van der Waals surface area (Å²) in [6.45, 7) is 6.16. The minimum absolute atomic E-state index is 0.0463. The van der Waals surface area contributed by atoms with Gasteiger partial charge in [-0.25, -0.2) is 4.79 Å². The van der Waals surface area contributed by atoms with E-state index >= 15 is 0 Å². The lowest BCUT2D eigenvalue weighted by Gasteiger charge is -2.46. The zero-order chi connectivity index (χ0) is 19.6. The Morgan fingerprint density at radius 3 is 2.37 bits per heavy atom. The van der Waals surface area contributed by atoms with E-state index in [1.54, 1.807) is 12.1 Å². The van der Waals surface area contributed by atoms with Crippen molar-refractivity contribution in [3.05, 3.63) is 34.9 Å². The van der Waals surface area contributed by atoms with Crippen LogP contribution < -0.4 is 10.6 Å². The lowest BCUT2D eigenvalue weighted by Crippen LogP contribution is -2.65. The fraction of sp³-hybridized carbons (Fsp3) is 0.600. The van der Waals surface area contributed by atoms with Gasteiger partial charge in [-0.05, 0) is 57.5 Å². The van der Waals surface area contributed by atoms with E-state index in [0.29, 0.717) is 18.1 Å². The van der Waals surface area contributed by atoms with Crippen LogP contribution in [0.3, 0.4) is 0 Å². The molecule has 1 amide bonds. The number of nitrogens with one attached hydrogen (secondary N) is 2. The molecule has 2 aliphatic rings. The van der Waals surface area contributed by atoms with Crippen LogP contribution in [-0.2, 0) is 4.79 Å². The first-order valence-electron chi connectivity index (χ1n) is 9.61. The van der Waals surface area contributed by atoms with Crippen LogP contribution in [-0.4, -0.2) is 59.6 Å². The standard InChI is InChI=1S/C20H28ClN3O3/c1-13(2)24(19(26)27)20(18(25)15-7-9-22-10-8-15)12-23-11-17(20)14-3-5-16(21)6-4-14/h3-6,13,15,17,22-23H,7-12H2,1-2H3,(H,26,27)/t17-,20+/m0/s1. The summed E-state index contributed by atoms with van der Waals surface area (Å²) in [4.78, 5) is 27.5. The Balaban J connectivity index is 2.09. The third kappa shape index (κ3) is 3.71. The number of amides is 1. The van der Waals surface area contributed by atoms with E-state index in [-0.39, 0.29) is 23.7 Å². The summed E-state index contributed by atoms with van der Waals surface area (Å²) in [5.41, 5.74) is -0.158. The molecule has 3 N–H and O–H groups in total. The molecule has 3 rings (SSSR count). The maximum absolute atomic E-state index is 13.8. The maximum atomic E-state index is 13.8. The Hall–Kier alpha value is -1.63. The SMILES string of the molecule is CC(C)N(C(=O)O)[C@]1(C(=O)C2CCNCC2)CNC[C@H]1c1ccc(Cl)cc1. The van der Waals surface area contributed by atoms with Crippen molar-refractivity contribution in [3.63, 3.8) is 0 Å². The number of hydrogen-bond acceptors (Lipinski definition) is 4. The summed E-state index contributed by atoms with van der Waals surface area (Å²) in [6, 6.07) is 7.11. The van der Waals surface area contributed by atoms with Crippen LogP contribution in [0.1, 0.15) is 38.2 Å². The van der Waals surface area contributed by atoms with Crippen LogP contribution >= 0.6 is 11.6 Å². The number of carboxylic acid groups (broad SMARTS) is 1. The highest BCUT2D eigenvalue weighted by Crippen LogP contribution is 2.42. The predicted molar refractivity (Wildman–Crippen MR) is 105 cm³/mol. The highest BCUT2D eigenvalue weighted by Gasteiger charge is 2.57. The maximum Gasteiger partial charge on any atom is 0.408 e. The first-order chi connectivity index (χ1) is 12.9. The molecule has 0 unspecified atom stereocenters. The number of piperidine rings is 1. The summed E-state index contributed by atoms with van der Waals surface area (Å²) in [5, 5.41) is 17.3. The molecule has 0 aromatic heterocycles. The summed E-state index contributed by atoms with van der Waals surface area (Å²) in [5.74, 6) is -0.317. The van der Waals surface area contributed by atoms with Crippen molar-refractivity contribution >= 4 is 23.5 Å². The van der Waals surface area contributed by atoms with Gasteiger partial charge in [-0.3, -0.25) is 9.69 Å². The number of rotatable bonds is 5. The second-order valence-corrected chi connectivity index (χ2v) is 8.23. The molecule has 0 spiro atoms. The van der Waals surface area contributed by atoms with Crippen LogP contribution in [0.25, 0.3) is 0 Å². The van der Waals surface area contributed by atoms with Gasteiger partial charge in [-0.1, -0.05) is 23.7 Å². The molecule has 1 aromatic carbocycles. The van der Waals surface area contributed by atoms with Gasteiger partial charge in [0, 0.05) is 36.0 Å². The molecule has 1 aromatic rings. The average Bonchev–Trinajstić information content (AvgIpc) is 3.07. The fourth-order valence-electron chi connectivity index (χ4n) is 4.71. The Morgan fingerprint density at radius 1 is 1.19 bits per heavy atom. The van der Waals surface area contributed by atoms with Gasteiger partial charge in [0.05, 0.1) is 0 Å². The number of halogens is 1. The van der Waals surface area contributed by atoms with Crippen LogP contribution in [0.15, 0.2) is 24.3 Å². The van der Waals surface area contributed by atoms with Crippen LogP contribution in [0.2, 0.25) is 5.02 Å². The van der Waals surface area contributed by atoms with Crippen molar-refractivity contribution in [2.75, 3.05) is 26.2 Å². The van der Waals surface area contributed by atoms with E-state index in [9.17, 15) is 14.7 Å². The van der Waals surface area contributed by atoms with E-state index in [0.717, 1.165) is 31.5 Å². The summed E-state index contributed by atoms with van der Waals surface area (Å²) in [7, 11) is 0. The Morgan fingerprint density at radius 2 is 1.81 bits per heavy atom. The molecule has 27 heavy (non-hydrogen) atoms. The van der Waals surface area contributed by atoms with E-state index < -0.39 is 11.6 Å². The molecule has 148 valence electrons. The van der Waals surface area contributed by atoms with Gasteiger partial charge >= 0.3 is 6.09 Å². The monoisotopic (exact) mass is 393 g/mol. The normalized spacial score (nSPS) is 26.3. The molecule has 0 bridgehead atoms. The Labute approximate surface area is 165 Å². The average molecular weight is 394 g/mol. The van der Waals surface area contributed by atoms with Crippen LogP contribution in [0.4, 0.5) is 4.79 Å². The van der Waals surface area contributed by atoms with Gasteiger partial charge < -0.3 is 15.7 Å². The minimum atomic E-state index is -1.10. The number of hydrogen-bond donors (Lipinski definition) is 3. The van der Waals surface area contributed by atoms with Crippen LogP contribution in [0.5, 0.6) is 0 Å². The lowest BCUT2D eigenvalue weighted by molar-refractivity contribution is -0.136. The van der Waals surface area contributed by atoms with Crippen LogP contribution in [0, 0.1) is 5.92 Å². The molecular weight excluding hydrogens is 366 g/mol. The molecule has 7 heteroatoms. The first-order valence-corrected chi connectivity index (χ1v) is 9.99. The molecule has 0 saturated carbocycles. The zero-order valence-electron chi connectivity index (χ0n) is 15.9. The van der Waals surface area contributed by atoms with Gasteiger partial charge in [-0.2, -0.15) is 0 Å². The van der Waals surface area contributed by atoms with Crippen molar-refractivity contribution in [2.24, 2.45) is 5.92 Å². The van der Waals surface area contributed by atoms with Crippen molar-refractivity contribution in [2.45, 2.75) is 44.2 Å². The highest BCUT2D eigenvalue weighted by molar-refractivity contribution is 6.30. The van der Waals surface area contributed by atoms with E-state index in [2.05, 4.69) is 10.6 Å². The van der Waals surface area contributed by atoms with E-state index in [1.165, 1.54) is 4.90 Å². The molecule has 6 nitrogen and oxygen atoms in total. The van der Waals surface area contributed by atoms with Crippen molar-refractivity contribution in [3.8, 4) is 0 Å². The second kappa shape index (κ2) is 8.17. The topological polar surface area (TPSA) is 81.7 Å². The highest BCUT2D eigenvalue weighted by atomic mass is 35.5. The van der Waals surface area contributed by atoms with Crippen molar-refractivity contribution in [1.82, 2.24) is 15.5 Å². The minimum Gasteiger partial charge on any atom is -0.465 e. The summed E-state index contributed by atoms with van der Waals surface area (Å²) < 4.78 is 0.